The molecule has 0 aliphatic rings. The fourth-order valence-electron chi connectivity index (χ4n) is 1.36. The van der Waals surface area contributed by atoms with Gasteiger partial charge < -0.3 is 5.73 Å². The van der Waals surface area contributed by atoms with E-state index in [1.54, 1.807) is 0 Å². The predicted molar refractivity (Wildman–Crippen MR) is 53.8 cm³/mol. The lowest BCUT2D eigenvalue weighted by atomic mass is 10.0. The molecule has 0 aliphatic heterocycles. The molecule has 0 radical (unpaired) electrons. The van der Waals surface area contributed by atoms with Gasteiger partial charge in [0.2, 0.25) is 0 Å². The molecule has 15 heavy (non-hydrogen) atoms. The Bertz CT molecular complexity index is 434. The van der Waals surface area contributed by atoms with Crippen LogP contribution in [-0.2, 0) is 4.79 Å². The maximum atomic E-state index is 12.9. The van der Waals surface area contributed by atoms with Crippen molar-refractivity contribution in [3.8, 4) is 0 Å². The molecule has 80 valence electrons. The number of rotatable bonds is 2. The van der Waals surface area contributed by atoms with Crippen molar-refractivity contribution in [2.75, 3.05) is 0 Å². The lowest BCUT2D eigenvalue weighted by Gasteiger charge is -2.06. The van der Waals surface area contributed by atoms with Gasteiger partial charge in [-0.1, -0.05) is 6.07 Å². The minimum Gasteiger partial charge on any atom is -0.402 e. The van der Waals surface area contributed by atoms with E-state index in [-0.39, 0.29) is 17.1 Å². The van der Waals surface area contributed by atoms with Crippen molar-refractivity contribution in [3.05, 3.63) is 41.1 Å². The molecule has 0 heterocycles. The van der Waals surface area contributed by atoms with Crippen molar-refractivity contribution in [1.29, 1.82) is 0 Å². The monoisotopic (exact) mass is 211 g/mol. The Morgan fingerprint density at radius 3 is 2.20 bits per heavy atom. The van der Waals surface area contributed by atoms with E-state index in [2.05, 4.69) is 0 Å². The van der Waals surface area contributed by atoms with Crippen molar-refractivity contribution in [3.63, 3.8) is 0 Å². The number of hydrogen-bond acceptors (Lipinski definition) is 2. The first-order valence-electron chi connectivity index (χ1n) is 4.36. The van der Waals surface area contributed by atoms with Crippen LogP contribution in [0.15, 0.2) is 23.9 Å². The second-order valence-electron chi connectivity index (χ2n) is 3.24. The molecule has 2 N–H and O–H groups in total. The number of carbonyl (C=O) groups is 1. The molecule has 0 spiro atoms. The Kier molecular flexibility index (Phi) is 3.19. The van der Waals surface area contributed by atoms with E-state index in [0.717, 1.165) is 12.1 Å². The molecule has 0 aromatic heterocycles. The third kappa shape index (κ3) is 2.40. The zero-order chi connectivity index (χ0) is 11.6. The standard InChI is InChI=1S/C11H11F2NO/c1-6(14)11(7(2)15)8-3-4-9(12)10(13)5-8/h3-5H,14H2,1-2H3/b11-6-. The molecule has 0 saturated heterocycles. The van der Waals surface area contributed by atoms with E-state index < -0.39 is 11.6 Å². The maximum absolute atomic E-state index is 12.9. The molecular formula is C11H11F2NO. The van der Waals surface area contributed by atoms with Gasteiger partial charge in [-0.15, -0.1) is 0 Å². The molecule has 0 atom stereocenters. The summed E-state index contributed by atoms with van der Waals surface area (Å²) in [6.45, 7) is 2.87. The highest BCUT2D eigenvalue weighted by molar-refractivity contribution is 6.20. The number of ketones is 1. The van der Waals surface area contributed by atoms with Crippen LogP contribution in [0.5, 0.6) is 0 Å². The normalized spacial score (nSPS) is 12.3. The van der Waals surface area contributed by atoms with E-state index in [0.29, 0.717) is 5.56 Å². The van der Waals surface area contributed by atoms with Gasteiger partial charge in [-0.2, -0.15) is 0 Å². The summed E-state index contributed by atoms with van der Waals surface area (Å²) in [6.07, 6.45) is 0. The van der Waals surface area contributed by atoms with Gasteiger partial charge in [0.05, 0.1) is 0 Å². The molecule has 0 fully saturated rings. The summed E-state index contributed by atoms with van der Waals surface area (Å²) < 4.78 is 25.6. The smallest absolute Gasteiger partial charge is 0.162 e. The summed E-state index contributed by atoms with van der Waals surface area (Å²) in [4.78, 5) is 11.2. The Morgan fingerprint density at radius 1 is 1.20 bits per heavy atom. The third-order valence-corrected chi connectivity index (χ3v) is 1.95. The molecule has 4 heteroatoms. The molecular weight excluding hydrogens is 200 g/mol. The van der Waals surface area contributed by atoms with Crippen LogP contribution in [0.1, 0.15) is 19.4 Å². The number of allylic oxidation sites excluding steroid dienone is 2. The number of hydrogen-bond donors (Lipinski definition) is 1. The van der Waals surface area contributed by atoms with E-state index in [9.17, 15) is 13.6 Å². The number of Topliss-reactive ketones (excluding diaryl/α,β-unsaturated/α-hetero) is 1. The minimum absolute atomic E-state index is 0.217. The third-order valence-electron chi connectivity index (χ3n) is 1.95. The van der Waals surface area contributed by atoms with Crippen LogP contribution in [0, 0.1) is 11.6 Å². The molecule has 1 aromatic rings. The molecule has 0 amide bonds. The highest BCUT2D eigenvalue weighted by Crippen LogP contribution is 2.19. The fraction of sp³-hybridized carbons (Fsp3) is 0.182. The van der Waals surface area contributed by atoms with Crippen molar-refractivity contribution < 1.29 is 13.6 Å². The Balaban J connectivity index is 3.32. The van der Waals surface area contributed by atoms with Gasteiger partial charge in [-0.05, 0) is 31.5 Å². The molecule has 0 aliphatic carbocycles. The van der Waals surface area contributed by atoms with Crippen LogP contribution >= 0.6 is 0 Å². The summed E-state index contributed by atoms with van der Waals surface area (Å²) in [5, 5.41) is 0. The quantitative estimate of drug-likeness (QED) is 0.762. The zero-order valence-electron chi connectivity index (χ0n) is 8.47. The Labute approximate surface area is 86.4 Å². The van der Waals surface area contributed by atoms with Crippen molar-refractivity contribution in [2.45, 2.75) is 13.8 Å². The van der Waals surface area contributed by atoms with E-state index in [1.165, 1.54) is 19.9 Å². The Hall–Kier alpha value is -1.71. The van der Waals surface area contributed by atoms with Crippen molar-refractivity contribution in [1.82, 2.24) is 0 Å². The van der Waals surface area contributed by atoms with Crippen LogP contribution in [-0.4, -0.2) is 5.78 Å². The first-order valence-corrected chi connectivity index (χ1v) is 4.36. The lowest BCUT2D eigenvalue weighted by molar-refractivity contribution is -0.111. The minimum atomic E-state index is -0.993. The van der Waals surface area contributed by atoms with Crippen LogP contribution in [0.4, 0.5) is 8.78 Å². The summed E-state index contributed by atoms with van der Waals surface area (Å²) in [5.74, 6) is -2.22. The summed E-state index contributed by atoms with van der Waals surface area (Å²) >= 11 is 0. The van der Waals surface area contributed by atoms with Crippen LogP contribution in [0.25, 0.3) is 5.57 Å². The summed E-state index contributed by atoms with van der Waals surface area (Å²) in [6, 6.07) is 3.25. The average molecular weight is 211 g/mol. The summed E-state index contributed by atoms with van der Waals surface area (Å²) in [5.41, 5.74) is 6.30. The van der Waals surface area contributed by atoms with Gasteiger partial charge >= 0.3 is 0 Å². The van der Waals surface area contributed by atoms with E-state index in [4.69, 9.17) is 5.73 Å². The van der Waals surface area contributed by atoms with Gasteiger partial charge in [0.25, 0.3) is 0 Å². The zero-order valence-corrected chi connectivity index (χ0v) is 8.47. The fourth-order valence-corrected chi connectivity index (χ4v) is 1.36. The highest BCUT2D eigenvalue weighted by Gasteiger charge is 2.12. The van der Waals surface area contributed by atoms with Crippen molar-refractivity contribution in [2.24, 2.45) is 5.73 Å². The molecule has 2 nitrogen and oxygen atoms in total. The number of benzene rings is 1. The summed E-state index contributed by atoms with van der Waals surface area (Å²) in [7, 11) is 0. The number of nitrogens with two attached hydrogens (primary N) is 1. The maximum Gasteiger partial charge on any atom is 0.162 e. The van der Waals surface area contributed by atoms with E-state index >= 15 is 0 Å². The van der Waals surface area contributed by atoms with Crippen LogP contribution in [0.3, 0.4) is 0 Å². The van der Waals surface area contributed by atoms with E-state index in [1.807, 2.05) is 0 Å². The van der Waals surface area contributed by atoms with Crippen LogP contribution < -0.4 is 5.73 Å². The topological polar surface area (TPSA) is 43.1 Å². The van der Waals surface area contributed by atoms with Crippen molar-refractivity contribution >= 4 is 11.4 Å². The van der Waals surface area contributed by atoms with Crippen LogP contribution in [0.2, 0.25) is 0 Å². The highest BCUT2D eigenvalue weighted by atomic mass is 19.2. The molecule has 0 unspecified atom stereocenters. The van der Waals surface area contributed by atoms with Gasteiger partial charge in [-0.3, -0.25) is 4.79 Å². The first-order chi connectivity index (χ1) is 6.93. The second kappa shape index (κ2) is 4.21. The van der Waals surface area contributed by atoms with Gasteiger partial charge in [0.15, 0.2) is 17.4 Å². The van der Waals surface area contributed by atoms with Gasteiger partial charge in [0, 0.05) is 11.3 Å². The number of carbonyl (C=O) groups excluding carboxylic acids is 1. The molecule has 1 aromatic carbocycles. The largest absolute Gasteiger partial charge is 0.402 e. The average Bonchev–Trinajstić information content (AvgIpc) is 2.10. The van der Waals surface area contributed by atoms with Gasteiger partial charge in [0.1, 0.15) is 0 Å². The SMILES string of the molecule is CC(=O)/C(=C(\C)N)c1ccc(F)c(F)c1. The predicted octanol–water partition coefficient (Wildman–Crippen LogP) is 2.24. The number of halogens is 2. The lowest BCUT2D eigenvalue weighted by Crippen LogP contribution is -2.05. The molecule has 1 rings (SSSR count). The second-order valence-corrected chi connectivity index (χ2v) is 3.24. The first kappa shape index (κ1) is 11.4. The molecule has 0 saturated carbocycles. The molecule has 0 bridgehead atoms. The Morgan fingerprint density at radius 2 is 1.80 bits per heavy atom. The van der Waals surface area contributed by atoms with Gasteiger partial charge in [-0.25, -0.2) is 8.78 Å².